The van der Waals surface area contributed by atoms with E-state index in [0.717, 1.165) is 29.1 Å². The van der Waals surface area contributed by atoms with Crippen LogP contribution in [0.5, 0.6) is 0 Å². The van der Waals surface area contributed by atoms with E-state index in [1.165, 1.54) is 10.5 Å². The molecule has 2 atom stereocenters. The predicted molar refractivity (Wildman–Crippen MR) is 121 cm³/mol. The highest BCUT2D eigenvalue weighted by Crippen LogP contribution is 2.37. The lowest BCUT2D eigenvalue weighted by atomic mass is 9.97. The van der Waals surface area contributed by atoms with Crippen LogP contribution in [-0.2, 0) is 17.2 Å². The van der Waals surface area contributed by atoms with E-state index in [9.17, 15) is 4.21 Å². The third-order valence-corrected chi connectivity index (χ3v) is 6.76. The molecule has 0 radical (unpaired) electrons. The van der Waals surface area contributed by atoms with Crippen LogP contribution >= 0.6 is 11.8 Å². The largest absolute Gasteiger partial charge is 0.251 e. The highest BCUT2D eigenvalue weighted by Gasteiger charge is 2.19. The lowest BCUT2D eigenvalue weighted by Gasteiger charge is -2.09. The summed E-state index contributed by atoms with van der Waals surface area (Å²) >= 11 is 1.71. The Labute approximate surface area is 178 Å². The zero-order valence-electron chi connectivity index (χ0n) is 16.5. The van der Waals surface area contributed by atoms with Gasteiger partial charge in [0, 0.05) is 23.6 Å². The van der Waals surface area contributed by atoms with Crippen molar-refractivity contribution < 1.29 is 4.21 Å². The SMILES string of the molecule is CC1CCC(=Nc2cc(Cc3ccccc3)nc(S(C)=O)n2)Sc2ccccc21. The van der Waals surface area contributed by atoms with Crippen molar-refractivity contribution in [3.63, 3.8) is 0 Å². The number of nitrogens with zero attached hydrogens (tertiary/aromatic N) is 3. The number of fused-ring (bicyclic) bond motifs is 1. The van der Waals surface area contributed by atoms with Gasteiger partial charge in [0.25, 0.3) is 0 Å². The van der Waals surface area contributed by atoms with E-state index in [4.69, 9.17) is 4.99 Å². The molecule has 0 fully saturated rings. The summed E-state index contributed by atoms with van der Waals surface area (Å²) in [5, 5.41) is 1.38. The van der Waals surface area contributed by atoms with Crippen LogP contribution < -0.4 is 0 Å². The summed E-state index contributed by atoms with van der Waals surface area (Å²) in [4.78, 5) is 15.1. The van der Waals surface area contributed by atoms with Gasteiger partial charge in [0.2, 0.25) is 5.16 Å². The minimum absolute atomic E-state index is 0.338. The van der Waals surface area contributed by atoms with E-state index in [1.807, 2.05) is 24.3 Å². The third-order valence-electron chi connectivity index (χ3n) is 4.94. The molecule has 0 spiro atoms. The Morgan fingerprint density at radius 2 is 1.86 bits per heavy atom. The number of hydrogen-bond donors (Lipinski definition) is 0. The first-order valence-electron chi connectivity index (χ1n) is 9.68. The second-order valence-electron chi connectivity index (χ2n) is 7.20. The Kier molecular flexibility index (Phi) is 6.21. The fourth-order valence-corrected chi connectivity index (χ4v) is 5.02. The number of aromatic nitrogens is 2. The number of rotatable bonds is 4. The molecule has 148 valence electrons. The summed E-state index contributed by atoms with van der Waals surface area (Å²) in [5.74, 6) is 1.09. The number of benzene rings is 2. The standard InChI is InChI=1S/C23H23N3OS2/c1-16-12-13-22(28-20-11-7-6-10-19(16)20)25-21-15-18(24-23(26-21)29(2)27)14-17-8-4-3-5-9-17/h3-11,15-16H,12-14H2,1-2H3. The summed E-state index contributed by atoms with van der Waals surface area (Å²) in [6.07, 6.45) is 4.23. The van der Waals surface area contributed by atoms with Crippen LogP contribution in [0.2, 0.25) is 0 Å². The Morgan fingerprint density at radius 1 is 1.10 bits per heavy atom. The van der Waals surface area contributed by atoms with Gasteiger partial charge in [-0.1, -0.05) is 67.2 Å². The van der Waals surface area contributed by atoms with Crippen LogP contribution in [0.1, 0.15) is 42.5 Å². The van der Waals surface area contributed by atoms with Crippen LogP contribution in [0.25, 0.3) is 0 Å². The smallest absolute Gasteiger partial charge is 0.220 e. The highest BCUT2D eigenvalue weighted by atomic mass is 32.2. The van der Waals surface area contributed by atoms with E-state index in [1.54, 1.807) is 18.0 Å². The summed E-state index contributed by atoms with van der Waals surface area (Å²) in [6, 6.07) is 20.6. The summed E-state index contributed by atoms with van der Waals surface area (Å²) in [7, 11) is -1.26. The van der Waals surface area contributed by atoms with Gasteiger partial charge in [-0.05, 0) is 36.0 Å². The maximum Gasteiger partial charge on any atom is 0.220 e. The fraction of sp³-hybridized carbons (Fsp3) is 0.261. The molecule has 3 aromatic rings. The Morgan fingerprint density at radius 3 is 2.66 bits per heavy atom. The molecule has 29 heavy (non-hydrogen) atoms. The molecular weight excluding hydrogens is 398 g/mol. The molecule has 1 aliphatic heterocycles. The minimum atomic E-state index is -1.26. The Balaban J connectivity index is 1.68. The first-order valence-corrected chi connectivity index (χ1v) is 12.1. The van der Waals surface area contributed by atoms with Crippen molar-refractivity contribution in [3.8, 4) is 0 Å². The van der Waals surface area contributed by atoms with Crippen LogP contribution in [-0.4, -0.2) is 25.5 Å². The molecule has 2 aromatic carbocycles. The molecule has 1 aromatic heterocycles. The van der Waals surface area contributed by atoms with Crippen molar-refractivity contribution in [1.82, 2.24) is 9.97 Å². The van der Waals surface area contributed by atoms with Crippen molar-refractivity contribution in [2.24, 2.45) is 4.99 Å². The molecule has 0 saturated carbocycles. The van der Waals surface area contributed by atoms with Crippen molar-refractivity contribution in [1.29, 1.82) is 0 Å². The molecule has 2 unspecified atom stereocenters. The Bertz CT molecular complexity index is 1070. The van der Waals surface area contributed by atoms with Crippen molar-refractivity contribution in [2.75, 3.05) is 6.26 Å². The zero-order valence-corrected chi connectivity index (χ0v) is 18.2. The molecular formula is C23H23N3OS2. The van der Waals surface area contributed by atoms with E-state index in [-0.39, 0.29) is 0 Å². The van der Waals surface area contributed by atoms with Gasteiger partial charge < -0.3 is 0 Å². The topological polar surface area (TPSA) is 55.2 Å². The van der Waals surface area contributed by atoms with Gasteiger partial charge in [-0.25, -0.2) is 15.0 Å². The summed E-state index contributed by atoms with van der Waals surface area (Å²) in [6.45, 7) is 2.27. The van der Waals surface area contributed by atoms with Gasteiger partial charge in [0.15, 0.2) is 5.82 Å². The van der Waals surface area contributed by atoms with Crippen LogP contribution in [0.15, 0.2) is 75.7 Å². The quantitative estimate of drug-likeness (QED) is 0.520. The van der Waals surface area contributed by atoms with E-state index in [0.29, 0.717) is 23.3 Å². The minimum Gasteiger partial charge on any atom is -0.251 e. The number of hydrogen-bond acceptors (Lipinski definition) is 5. The molecule has 0 amide bonds. The molecule has 4 nitrogen and oxygen atoms in total. The molecule has 0 aliphatic carbocycles. The van der Waals surface area contributed by atoms with Crippen LogP contribution in [0, 0.1) is 0 Å². The Hall–Kier alpha value is -2.31. The highest BCUT2D eigenvalue weighted by molar-refractivity contribution is 8.14. The van der Waals surface area contributed by atoms with E-state index < -0.39 is 10.8 Å². The lowest BCUT2D eigenvalue weighted by Crippen LogP contribution is -2.02. The van der Waals surface area contributed by atoms with Gasteiger partial charge in [0.1, 0.15) is 0 Å². The fourth-order valence-electron chi connectivity index (χ4n) is 3.40. The van der Waals surface area contributed by atoms with Crippen LogP contribution in [0.3, 0.4) is 0 Å². The van der Waals surface area contributed by atoms with Gasteiger partial charge in [-0.3, -0.25) is 4.21 Å². The third kappa shape index (κ3) is 5.00. The second kappa shape index (κ2) is 9.01. The average molecular weight is 422 g/mol. The van der Waals surface area contributed by atoms with Gasteiger partial charge in [0.05, 0.1) is 21.5 Å². The molecule has 0 saturated heterocycles. The van der Waals surface area contributed by atoms with Crippen molar-refractivity contribution >= 4 is 33.4 Å². The molecule has 2 heterocycles. The summed E-state index contributed by atoms with van der Waals surface area (Å²) in [5.41, 5.74) is 3.37. The van der Waals surface area contributed by atoms with E-state index >= 15 is 0 Å². The second-order valence-corrected chi connectivity index (χ2v) is 9.59. The van der Waals surface area contributed by atoms with Crippen molar-refractivity contribution in [2.45, 2.75) is 42.2 Å². The van der Waals surface area contributed by atoms with Gasteiger partial charge >= 0.3 is 0 Å². The molecule has 0 bridgehead atoms. The zero-order chi connectivity index (χ0) is 20.2. The van der Waals surface area contributed by atoms with Crippen molar-refractivity contribution in [3.05, 3.63) is 77.5 Å². The van der Waals surface area contributed by atoms with Crippen LogP contribution in [0.4, 0.5) is 5.82 Å². The van der Waals surface area contributed by atoms with E-state index in [2.05, 4.69) is 53.3 Å². The monoisotopic (exact) mass is 421 g/mol. The van der Waals surface area contributed by atoms with Gasteiger partial charge in [-0.15, -0.1) is 0 Å². The lowest BCUT2D eigenvalue weighted by molar-refractivity contribution is 0.678. The molecule has 0 N–H and O–H groups in total. The summed E-state index contributed by atoms with van der Waals surface area (Å²) < 4.78 is 12.1. The predicted octanol–water partition coefficient (Wildman–Crippen LogP) is 5.52. The number of aliphatic imine (C=N–C) groups is 1. The first-order chi connectivity index (χ1) is 14.1. The molecule has 1 aliphatic rings. The average Bonchev–Trinajstić information content (AvgIpc) is 2.87. The first kappa shape index (κ1) is 20.0. The number of thioether (sulfide) groups is 1. The maximum absolute atomic E-state index is 12.1. The molecule has 4 rings (SSSR count). The molecule has 6 heteroatoms. The maximum atomic E-state index is 12.1. The normalized spacial score (nSPS) is 18.8. The van der Waals surface area contributed by atoms with Gasteiger partial charge in [-0.2, -0.15) is 0 Å².